The van der Waals surface area contributed by atoms with Crippen LogP contribution in [-0.2, 0) is 12.8 Å². The third-order valence-corrected chi connectivity index (χ3v) is 11.6. The van der Waals surface area contributed by atoms with Gasteiger partial charge in [-0.05, 0) is 110 Å². The smallest absolute Gasteiger partial charge is 0.135 e. The number of nitrogens with one attached hydrogen (secondary N) is 2. The summed E-state index contributed by atoms with van der Waals surface area (Å²) in [6.07, 6.45) is 1.09. The molecule has 0 bridgehead atoms. The Labute approximate surface area is 319 Å². The number of aryl methyl sites for hydroxylation is 1. The number of hydrogen-bond acceptors (Lipinski definition) is 10. The molecule has 8 N–H and O–H groups in total. The Bertz CT molecular complexity index is 2580. The van der Waals surface area contributed by atoms with Gasteiger partial charge in [0.1, 0.15) is 46.0 Å². The number of phenolic OH excluding ortho intramolecular Hbond substituents is 6. The average Bonchev–Trinajstić information content (AvgIpc) is 3.12. The molecule has 0 aromatic heterocycles. The molecule has 284 valence electrons. The van der Waals surface area contributed by atoms with Crippen molar-refractivity contribution in [3.63, 3.8) is 0 Å². The number of phenols is 6. The Balaban J connectivity index is 1.45. The third kappa shape index (κ3) is 5.45. The Morgan fingerprint density at radius 3 is 1.69 bits per heavy atom. The first-order chi connectivity index (χ1) is 26.2. The summed E-state index contributed by atoms with van der Waals surface area (Å²) in [5.74, 6) is 0.325. The Kier molecular flexibility index (Phi) is 8.66. The second-order valence-corrected chi connectivity index (χ2v) is 15.2. The van der Waals surface area contributed by atoms with Gasteiger partial charge in [-0.25, -0.2) is 0 Å². The zero-order chi connectivity index (χ0) is 39.2. The quantitative estimate of drug-likeness (QED) is 0.0857. The summed E-state index contributed by atoms with van der Waals surface area (Å²) in [4.78, 5) is 0. The van der Waals surface area contributed by atoms with Crippen LogP contribution in [0.1, 0.15) is 67.6 Å². The summed E-state index contributed by atoms with van der Waals surface area (Å²) in [7, 11) is 3.05. The second-order valence-electron chi connectivity index (χ2n) is 15.2. The topological polar surface area (TPSA) is 164 Å². The van der Waals surface area contributed by atoms with Crippen molar-refractivity contribution < 1.29 is 40.1 Å². The normalized spacial score (nSPS) is 19.3. The molecule has 10 nitrogen and oxygen atoms in total. The van der Waals surface area contributed by atoms with Crippen LogP contribution in [0, 0.1) is 6.92 Å². The molecular formula is C45H46N2O8. The Morgan fingerprint density at radius 2 is 1.09 bits per heavy atom. The molecule has 0 fully saturated rings. The first-order valence-corrected chi connectivity index (χ1v) is 18.6. The highest BCUT2D eigenvalue weighted by atomic mass is 16.5. The van der Waals surface area contributed by atoms with Gasteiger partial charge in [-0.15, -0.1) is 0 Å². The lowest BCUT2D eigenvalue weighted by atomic mass is 9.81. The molecular weight excluding hydrogens is 697 g/mol. The molecule has 2 aliphatic rings. The Morgan fingerprint density at radius 1 is 0.545 bits per heavy atom. The summed E-state index contributed by atoms with van der Waals surface area (Å²) in [5.41, 5.74) is 6.78. The number of fused-ring (bicyclic) bond motifs is 4. The maximum Gasteiger partial charge on any atom is 0.135 e. The van der Waals surface area contributed by atoms with Crippen molar-refractivity contribution in [2.75, 3.05) is 14.2 Å². The highest BCUT2D eigenvalue weighted by Gasteiger charge is 2.33. The molecule has 0 spiro atoms. The summed E-state index contributed by atoms with van der Waals surface area (Å²) < 4.78 is 11.7. The maximum absolute atomic E-state index is 12.4. The molecule has 6 aromatic carbocycles. The van der Waals surface area contributed by atoms with Crippen LogP contribution in [0.4, 0.5) is 0 Å². The van der Waals surface area contributed by atoms with E-state index in [9.17, 15) is 30.6 Å². The first kappa shape index (κ1) is 36.2. The third-order valence-electron chi connectivity index (χ3n) is 11.6. The predicted octanol–water partition coefficient (Wildman–Crippen LogP) is 8.74. The van der Waals surface area contributed by atoms with Crippen LogP contribution in [0.25, 0.3) is 54.9 Å². The molecule has 2 heterocycles. The van der Waals surface area contributed by atoms with Gasteiger partial charge in [0.15, 0.2) is 0 Å². The molecule has 0 saturated carbocycles. The maximum atomic E-state index is 12.4. The first-order valence-electron chi connectivity index (χ1n) is 18.6. The van der Waals surface area contributed by atoms with E-state index in [4.69, 9.17) is 9.47 Å². The molecule has 6 aromatic rings. The van der Waals surface area contributed by atoms with Crippen LogP contribution in [0.15, 0.2) is 54.6 Å². The molecule has 55 heavy (non-hydrogen) atoms. The summed E-state index contributed by atoms with van der Waals surface area (Å²) in [6.45, 7) is 9.99. The number of methoxy groups -OCH3 is 2. The van der Waals surface area contributed by atoms with Crippen molar-refractivity contribution in [3.05, 3.63) is 82.4 Å². The van der Waals surface area contributed by atoms with E-state index < -0.39 is 0 Å². The van der Waals surface area contributed by atoms with Crippen molar-refractivity contribution >= 4 is 21.5 Å². The molecule has 0 saturated heterocycles. The lowest BCUT2D eigenvalue weighted by Crippen LogP contribution is -2.36. The molecule has 10 heteroatoms. The van der Waals surface area contributed by atoms with Crippen molar-refractivity contribution in [2.24, 2.45) is 0 Å². The molecule has 8 rings (SSSR count). The van der Waals surface area contributed by atoms with E-state index in [0.717, 1.165) is 22.3 Å². The standard InChI is InChI=1S/C45H46N2O8/c1-19-13-36(55-7)43-26(37(19)41-30-15-21(3)47-23(5)39(30)32(49)18-34(41)51)12-11-25(44(43)52)28-16-27(24-9-8-10-35(54-6)42(24)45(28)53)40-29-14-20(2)46-22(4)38(29)31(48)17-33(40)50/h8-13,16-18,20-23,46-53H,14-15H2,1-7H3/t20-,21-,22-,23-/m0/s1. The van der Waals surface area contributed by atoms with E-state index in [0.29, 0.717) is 79.3 Å². The molecule has 0 amide bonds. The van der Waals surface area contributed by atoms with E-state index >= 15 is 0 Å². The number of hydrogen-bond donors (Lipinski definition) is 8. The molecule has 0 radical (unpaired) electrons. The van der Waals surface area contributed by atoms with Crippen LogP contribution in [0.3, 0.4) is 0 Å². The SMILES string of the molecule is COc1cccc2c(-c3c(O)cc(O)c4c3C[C@H](C)N[C@H]4C)cc(-c3ccc4c(-c5c(O)cc(O)c6c5C[C@H](C)N[C@H]6C)c(C)cc(OC)c4c3O)c(O)c12. The van der Waals surface area contributed by atoms with Crippen LogP contribution in [0.2, 0.25) is 0 Å². The van der Waals surface area contributed by atoms with E-state index in [1.807, 2.05) is 45.0 Å². The van der Waals surface area contributed by atoms with E-state index in [2.05, 4.69) is 24.5 Å². The summed E-state index contributed by atoms with van der Waals surface area (Å²) in [5, 5.41) is 78.7. The van der Waals surface area contributed by atoms with Gasteiger partial charge in [-0.3, -0.25) is 0 Å². The minimum Gasteiger partial charge on any atom is -0.507 e. The van der Waals surface area contributed by atoms with Crippen molar-refractivity contribution in [2.45, 2.75) is 71.6 Å². The molecule has 0 unspecified atom stereocenters. The molecule has 2 aliphatic heterocycles. The van der Waals surface area contributed by atoms with Gasteiger partial charge < -0.3 is 50.7 Å². The van der Waals surface area contributed by atoms with Gasteiger partial charge >= 0.3 is 0 Å². The van der Waals surface area contributed by atoms with Crippen LogP contribution in [0.5, 0.6) is 46.0 Å². The van der Waals surface area contributed by atoms with E-state index in [-0.39, 0.29) is 64.2 Å². The minimum atomic E-state index is -0.188. The zero-order valence-electron chi connectivity index (χ0n) is 31.9. The predicted molar refractivity (Wildman–Crippen MR) is 215 cm³/mol. The fourth-order valence-corrected chi connectivity index (χ4v) is 9.49. The average molecular weight is 743 g/mol. The molecule has 4 atom stereocenters. The fourth-order valence-electron chi connectivity index (χ4n) is 9.49. The van der Waals surface area contributed by atoms with Crippen LogP contribution < -0.4 is 20.1 Å². The largest absolute Gasteiger partial charge is 0.507 e. The Hall–Kier alpha value is -5.84. The molecule has 0 aliphatic carbocycles. The minimum absolute atomic E-state index is 0.00415. The monoisotopic (exact) mass is 742 g/mol. The lowest BCUT2D eigenvalue weighted by Gasteiger charge is -2.32. The van der Waals surface area contributed by atoms with Crippen LogP contribution >= 0.6 is 0 Å². The second kappa shape index (κ2) is 13.2. The van der Waals surface area contributed by atoms with Gasteiger partial charge in [0, 0.05) is 69.7 Å². The van der Waals surface area contributed by atoms with Crippen molar-refractivity contribution in [1.82, 2.24) is 10.6 Å². The number of aromatic hydroxyl groups is 6. The lowest BCUT2D eigenvalue weighted by molar-refractivity contribution is 0.401. The van der Waals surface area contributed by atoms with Gasteiger partial charge in [0.2, 0.25) is 0 Å². The van der Waals surface area contributed by atoms with Crippen molar-refractivity contribution in [3.8, 4) is 79.4 Å². The fraction of sp³-hybridized carbons (Fsp3) is 0.289. The highest BCUT2D eigenvalue weighted by Crippen LogP contribution is 2.55. The van der Waals surface area contributed by atoms with Gasteiger partial charge in [0.25, 0.3) is 0 Å². The van der Waals surface area contributed by atoms with Gasteiger partial charge in [-0.2, -0.15) is 0 Å². The number of rotatable bonds is 5. The van der Waals surface area contributed by atoms with Crippen LogP contribution in [-0.4, -0.2) is 56.9 Å². The van der Waals surface area contributed by atoms with Gasteiger partial charge in [-0.1, -0.05) is 18.2 Å². The number of ether oxygens (including phenoxy) is 2. The van der Waals surface area contributed by atoms with Crippen molar-refractivity contribution in [1.29, 1.82) is 0 Å². The summed E-state index contributed by atoms with van der Waals surface area (Å²) >= 11 is 0. The van der Waals surface area contributed by atoms with Gasteiger partial charge in [0.05, 0.1) is 25.0 Å². The zero-order valence-corrected chi connectivity index (χ0v) is 31.9. The summed E-state index contributed by atoms with van der Waals surface area (Å²) in [6, 6.07) is 15.1. The van der Waals surface area contributed by atoms with E-state index in [1.165, 1.54) is 26.4 Å². The highest BCUT2D eigenvalue weighted by molar-refractivity contribution is 6.13. The number of benzene rings is 6. The van der Waals surface area contributed by atoms with E-state index in [1.54, 1.807) is 18.2 Å².